The molecule has 0 spiro atoms. The molecule has 0 aliphatic carbocycles. The number of benzene rings is 1. The third-order valence-electron chi connectivity index (χ3n) is 2.97. The monoisotopic (exact) mass is 339 g/mol. The highest BCUT2D eigenvalue weighted by Crippen LogP contribution is 2.29. The minimum absolute atomic E-state index is 0.177. The van der Waals surface area contributed by atoms with Crippen molar-refractivity contribution in [2.24, 2.45) is 0 Å². The summed E-state index contributed by atoms with van der Waals surface area (Å²) >= 11 is 0. The number of hydrogen-bond acceptors (Lipinski definition) is 8. The zero-order valence-corrected chi connectivity index (χ0v) is 13.0. The number of ether oxygens (including phenoxy) is 3. The van der Waals surface area contributed by atoms with Crippen LogP contribution in [0.2, 0.25) is 0 Å². The number of phenols is 1. The van der Waals surface area contributed by atoms with E-state index in [9.17, 15) is 23.9 Å². The summed E-state index contributed by atoms with van der Waals surface area (Å²) in [6.07, 6.45) is 0.884. The zero-order chi connectivity index (χ0) is 18.1. The van der Waals surface area contributed by atoms with E-state index in [0.29, 0.717) is 0 Å². The summed E-state index contributed by atoms with van der Waals surface area (Å²) in [4.78, 5) is 35.0. The Morgan fingerprint density at radius 2 is 1.88 bits per heavy atom. The molecule has 1 heterocycles. The van der Waals surface area contributed by atoms with Gasteiger partial charge in [-0.1, -0.05) is 0 Å². The highest BCUT2D eigenvalue weighted by molar-refractivity contribution is 6.15. The number of anilines is 1. The van der Waals surface area contributed by atoms with Crippen LogP contribution in [0, 0.1) is 5.82 Å². The number of aromatic hydroxyl groups is 1. The molecule has 128 valence electrons. The Balaban J connectivity index is 2.31. The van der Waals surface area contributed by atoms with Crippen LogP contribution < -0.4 is 5.32 Å². The summed E-state index contributed by atoms with van der Waals surface area (Å²) in [5, 5.41) is 12.0. The lowest BCUT2D eigenvalue weighted by Crippen LogP contribution is -2.42. The van der Waals surface area contributed by atoms with Gasteiger partial charge in [-0.05, 0) is 12.1 Å². The summed E-state index contributed by atoms with van der Waals surface area (Å²) < 4.78 is 27.9. The number of hydrogen-bond donors (Lipinski definition) is 2. The van der Waals surface area contributed by atoms with Gasteiger partial charge in [0.25, 0.3) is 5.79 Å². The van der Waals surface area contributed by atoms with Crippen molar-refractivity contribution in [1.29, 1.82) is 0 Å². The summed E-state index contributed by atoms with van der Waals surface area (Å²) in [5.41, 5.74) is -0.922. The van der Waals surface area contributed by atoms with Crippen LogP contribution in [0.1, 0.15) is 24.2 Å². The average Bonchev–Trinajstić information content (AvgIpc) is 2.48. The lowest BCUT2D eigenvalue weighted by Gasteiger charge is -2.29. The van der Waals surface area contributed by atoms with Gasteiger partial charge in [0.1, 0.15) is 0 Å². The Morgan fingerprint density at radius 3 is 2.42 bits per heavy atom. The number of halogens is 1. The lowest BCUT2D eigenvalue weighted by atomic mass is 10.1. The van der Waals surface area contributed by atoms with Crippen LogP contribution in [0.4, 0.5) is 10.1 Å². The van der Waals surface area contributed by atoms with Crippen molar-refractivity contribution in [1.82, 2.24) is 0 Å². The van der Waals surface area contributed by atoms with E-state index >= 15 is 0 Å². The predicted molar refractivity (Wildman–Crippen MR) is 77.4 cm³/mol. The van der Waals surface area contributed by atoms with Gasteiger partial charge in [-0.3, -0.25) is 0 Å². The van der Waals surface area contributed by atoms with Crippen molar-refractivity contribution in [3.05, 3.63) is 35.3 Å². The Bertz CT molecular complexity index is 732. The maximum atomic E-state index is 13.7. The predicted octanol–water partition coefficient (Wildman–Crippen LogP) is 1.45. The van der Waals surface area contributed by atoms with E-state index in [1.54, 1.807) is 0 Å². The van der Waals surface area contributed by atoms with Crippen LogP contribution in [0.5, 0.6) is 5.75 Å². The Hall–Kier alpha value is -3.10. The molecule has 0 radical (unpaired) electrons. The molecular weight excluding hydrogens is 325 g/mol. The van der Waals surface area contributed by atoms with Gasteiger partial charge in [-0.15, -0.1) is 0 Å². The van der Waals surface area contributed by atoms with Crippen molar-refractivity contribution in [2.75, 3.05) is 12.4 Å². The Kier molecular flexibility index (Phi) is 4.45. The average molecular weight is 339 g/mol. The molecule has 0 saturated carbocycles. The zero-order valence-electron chi connectivity index (χ0n) is 13.0. The minimum Gasteiger partial charge on any atom is -0.503 e. The van der Waals surface area contributed by atoms with E-state index in [2.05, 4.69) is 10.1 Å². The second-order valence-electron chi connectivity index (χ2n) is 5.23. The first-order chi connectivity index (χ1) is 11.1. The van der Waals surface area contributed by atoms with E-state index in [4.69, 9.17) is 9.47 Å². The van der Waals surface area contributed by atoms with Crippen molar-refractivity contribution < 1.29 is 38.1 Å². The summed E-state index contributed by atoms with van der Waals surface area (Å²) in [6, 6.07) is 1.87. The third kappa shape index (κ3) is 3.45. The molecule has 2 N–H and O–H groups in total. The second-order valence-corrected chi connectivity index (χ2v) is 5.23. The van der Waals surface area contributed by atoms with E-state index in [1.165, 1.54) is 13.8 Å². The molecule has 1 fully saturated rings. The van der Waals surface area contributed by atoms with Crippen molar-refractivity contribution in [3.63, 3.8) is 0 Å². The van der Waals surface area contributed by atoms with Gasteiger partial charge in [0.15, 0.2) is 17.1 Å². The number of phenolic OH excluding ortho intramolecular Hbond substituents is 1. The summed E-state index contributed by atoms with van der Waals surface area (Å²) in [7, 11) is 1.11. The number of nitrogens with one attached hydrogen (secondary N) is 1. The molecule has 0 aromatic heterocycles. The number of carbonyl (C=O) groups excluding carboxylic acids is 3. The van der Waals surface area contributed by atoms with Crippen LogP contribution in [-0.4, -0.2) is 35.9 Å². The van der Waals surface area contributed by atoms with E-state index in [1.807, 2.05) is 0 Å². The number of cyclic esters (lactones) is 2. The minimum atomic E-state index is -1.40. The van der Waals surface area contributed by atoms with Crippen molar-refractivity contribution in [3.8, 4) is 5.75 Å². The maximum absolute atomic E-state index is 13.7. The SMILES string of the molecule is COC(=O)c1cc(F)c(O)c(NC=C2C(=O)OC(C)(C)OC2=O)c1. The Labute approximate surface area is 135 Å². The van der Waals surface area contributed by atoms with Gasteiger partial charge in [0.2, 0.25) is 0 Å². The fourth-order valence-corrected chi connectivity index (χ4v) is 1.87. The number of methoxy groups -OCH3 is 1. The van der Waals surface area contributed by atoms with E-state index in [-0.39, 0.29) is 11.3 Å². The lowest BCUT2D eigenvalue weighted by molar-refractivity contribution is -0.222. The van der Waals surface area contributed by atoms with Gasteiger partial charge in [0, 0.05) is 20.0 Å². The molecule has 1 aromatic rings. The van der Waals surface area contributed by atoms with Crippen LogP contribution >= 0.6 is 0 Å². The molecular formula is C15H14FNO7. The van der Waals surface area contributed by atoms with Gasteiger partial charge in [-0.2, -0.15) is 0 Å². The van der Waals surface area contributed by atoms with Crippen molar-refractivity contribution in [2.45, 2.75) is 19.6 Å². The van der Waals surface area contributed by atoms with Gasteiger partial charge < -0.3 is 24.6 Å². The Morgan fingerprint density at radius 1 is 1.29 bits per heavy atom. The molecule has 1 aliphatic heterocycles. The fourth-order valence-electron chi connectivity index (χ4n) is 1.87. The van der Waals surface area contributed by atoms with Crippen molar-refractivity contribution >= 4 is 23.6 Å². The first-order valence-electron chi connectivity index (χ1n) is 6.69. The van der Waals surface area contributed by atoms with Gasteiger partial charge in [-0.25, -0.2) is 18.8 Å². The number of carbonyl (C=O) groups is 3. The van der Waals surface area contributed by atoms with Crippen LogP contribution in [0.15, 0.2) is 23.9 Å². The number of rotatable bonds is 3. The molecule has 1 saturated heterocycles. The van der Waals surface area contributed by atoms with E-state index in [0.717, 1.165) is 25.4 Å². The summed E-state index contributed by atoms with van der Waals surface area (Å²) in [5.74, 6) is -6.03. The standard InChI is InChI=1S/C15H14FNO7/c1-15(2)23-13(20)8(14(21)24-15)6-17-10-5-7(12(19)22-3)4-9(16)11(10)18/h4-6,17-18H,1-3H3. The number of esters is 3. The maximum Gasteiger partial charge on any atom is 0.350 e. The molecule has 1 aliphatic rings. The highest BCUT2D eigenvalue weighted by Gasteiger charge is 2.39. The van der Waals surface area contributed by atoms with Crippen LogP contribution in [0.25, 0.3) is 0 Å². The molecule has 8 nitrogen and oxygen atoms in total. The smallest absolute Gasteiger partial charge is 0.350 e. The molecule has 0 unspecified atom stereocenters. The third-order valence-corrected chi connectivity index (χ3v) is 2.97. The van der Waals surface area contributed by atoms with Gasteiger partial charge >= 0.3 is 17.9 Å². The first kappa shape index (κ1) is 17.3. The molecule has 1 aromatic carbocycles. The topological polar surface area (TPSA) is 111 Å². The van der Waals surface area contributed by atoms with Crippen LogP contribution in [-0.2, 0) is 23.8 Å². The fraction of sp³-hybridized carbons (Fsp3) is 0.267. The summed E-state index contributed by atoms with van der Waals surface area (Å²) in [6.45, 7) is 2.77. The normalized spacial score (nSPS) is 16.1. The molecule has 24 heavy (non-hydrogen) atoms. The quantitative estimate of drug-likeness (QED) is 0.368. The second kappa shape index (κ2) is 6.19. The van der Waals surface area contributed by atoms with Gasteiger partial charge in [0.05, 0.1) is 18.4 Å². The molecule has 0 amide bonds. The molecule has 0 atom stereocenters. The first-order valence-corrected chi connectivity index (χ1v) is 6.69. The van der Waals surface area contributed by atoms with E-state index < -0.39 is 40.8 Å². The highest BCUT2D eigenvalue weighted by atomic mass is 19.1. The largest absolute Gasteiger partial charge is 0.503 e. The molecule has 2 rings (SSSR count). The molecule has 9 heteroatoms. The van der Waals surface area contributed by atoms with Crippen LogP contribution in [0.3, 0.4) is 0 Å². The molecule has 0 bridgehead atoms.